The predicted octanol–water partition coefficient (Wildman–Crippen LogP) is 16.8. The summed E-state index contributed by atoms with van der Waals surface area (Å²) in [7, 11) is 0. The standard InChI is InChI=1S/C53H102O6/c1-7-49(6)41-35-29-22-18-16-14-12-10-8-9-11-13-15-17-19-23-30-36-42-51(54)57-45-50(46-58-52(55)43-37-31-26-25-28-34-40-48(4)5)59-53(56)44-38-32-24-20-21-27-33-39-47(2)3/h47-50H,7-46H2,1-6H3/t49?,50-/m0/s1. The molecule has 0 aliphatic heterocycles. The molecule has 6 heteroatoms. The monoisotopic (exact) mass is 835 g/mol. The number of esters is 3. The van der Waals surface area contributed by atoms with Gasteiger partial charge in [-0.15, -0.1) is 0 Å². The van der Waals surface area contributed by atoms with Crippen LogP contribution in [0.25, 0.3) is 0 Å². The van der Waals surface area contributed by atoms with Gasteiger partial charge in [0.15, 0.2) is 6.10 Å². The molecule has 59 heavy (non-hydrogen) atoms. The van der Waals surface area contributed by atoms with Crippen LogP contribution in [0.3, 0.4) is 0 Å². The van der Waals surface area contributed by atoms with Crippen molar-refractivity contribution in [3.05, 3.63) is 0 Å². The average Bonchev–Trinajstić information content (AvgIpc) is 3.20. The van der Waals surface area contributed by atoms with E-state index in [0.29, 0.717) is 19.3 Å². The van der Waals surface area contributed by atoms with Crippen molar-refractivity contribution in [2.75, 3.05) is 13.2 Å². The summed E-state index contributed by atoms with van der Waals surface area (Å²) in [6.45, 7) is 13.6. The fourth-order valence-corrected chi connectivity index (χ4v) is 7.91. The molecule has 0 aromatic heterocycles. The Morgan fingerprint density at radius 3 is 0.881 bits per heavy atom. The summed E-state index contributed by atoms with van der Waals surface area (Å²) in [6, 6.07) is 0. The lowest BCUT2D eigenvalue weighted by atomic mass is 9.99. The fraction of sp³-hybridized carbons (Fsp3) is 0.943. The van der Waals surface area contributed by atoms with Crippen LogP contribution in [0.5, 0.6) is 0 Å². The minimum Gasteiger partial charge on any atom is -0.462 e. The highest BCUT2D eigenvalue weighted by Gasteiger charge is 2.19. The number of rotatable bonds is 46. The SMILES string of the molecule is CCC(C)CCCCCCCCCCCCCCCCCCCCC(=O)OC[C@@H](COC(=O)CCCCCCCCC(C)C)OC(=O)CCCCCCCCCC(C)C. The van der Waals surface area contributed by atoms with Gasteiger partial charge in [-0.1, -0.05) is 247 Å². The summed E-state index contributed by atoms with van der Waals surface area (Å²) in [5.74, 6) is 1.59. The molecule has 0 bridgehead atoms. The third kappa shape index (κ3) is 45.8. The predicted molar refractivity (Wildman–Crippen MR) is 252 cm³/mol. The second kappa shape index (κ2) is 44.5. The highest BCUT2D eigenvalue weighted by molar-refractivity contribution is 5.71. The van der Waals surface area contributed by atoms with Crippen molar-refractivity contribution in [2.45, 2.75) is 292 Å². The second-order valence-electron chi connectivity index (χ2n) is 19.4. The van der Waals surface area contributed by atoms with Crippen LogP contribution >= 0.6 is 0 Å². The Hall–Kier alpha value is -1.59. The number of carbonyl (C=O) groups excluding carboxylic acids is 3. The van der Waals surface area contributed by atoms with Gasteiger partial charge in [-0.2, -0.15) is 0 Å². The van der Waals surface area contributed by atoms with E-state index in [9.17, 15) is 14.4 Å². The molecule has 0 aromatic carbocycles. The van der Waals surface area contributed by atoms with Crippen LogP contribution in [0.1, 0.15) is 286 Å². The van der Waals surface area contributed by atoms with E-state index in [-0.39, 0.29) is 31.1 Å². The molecule has 0 heterocycles. The van der Waals surface area contributed by atoms with Crippen LogP contribution in [-0.4, -0.2) is 37.2 Å². The summed E-state index contributed by atoms with van der Waals surface area (Å²) < 4.78 is 16.7. The largest absolute Gasteiger partial charge is 0.462 e. The van der Waals surface area contributed by atoms with Crippen molar-refractivity contribution in [1.82, 2.24) is 0 Å². The molecule has 2 atom stereocenters. The van der Waals surface area contributed by atoms with Crippen molar-refractivity contribution in [2.24, 2.45) is 17.8 Å². The molecule has 350 valence electrons. The molecule has 0 saturated carbocycles. The minimum atomic E-state index is -0.763. The summed E-state index contributed by atoms with van der Waals surface area (Å²) in [4.78, 5) is 37.8. The van der Waals surface area contributed by atoms with Crippen LogP contribution in [0, 0.1) is 17.8 Å². The maximum Gasteiger partial charge on any atom is 0.306 e. The van der Waals surface area contributed by atoms with Crippen molar-refractivity contribution in [1.29, 1.82) is 0 Å². The number of hydrogen-bond donors (Lipinski definition) is 0. The molecule has 0 spiro atoms. The highest BCUT2D eigenvalue weighted by Crippen LogP contribution is 2.18. The number of ether oxygens (including phenoxy) is 3. The number of hydrogen-bond acceptors (Lipinski definition) is 6. The van der Waals surface area contributed by atoms with Gasteiger partial charge < -0.3 is 14.2 Å². The molecule has 0 aliphatic rings. The van der Waals surface area contributed by atoms with E-state index in [1.54, 1.807) is 0 Å². The van der Waals surface area contributed by atoms with Gasteiger partial charge in [-0.3, -0.25) is 14.4 Å². The van der Waals surface area contributed by atoms with Gasteiger partial charge in [0, 0.05) is 19.3 Å². The summed E-state index contributed by atoms with van der Waals surface area (Å²) in [5, 5.41) is 0. The number of unbranched alkanes of at least 4 members (excludes halogenated alkanes) is 28. The summed E-state index contributed by atoms with van der Waals surface area (Å²) >= 11 is 0. The summed E-state index contributed by atoms with van der Waals surface area (Å²) in [6.07, 6.45) is 44.1. The van der Waals surface area contributed by atoms with Crippen LogP contribution in [-0.2, 0) is 28.6 Å². The van der Waals surface area contributed by atoms with Crippen LogP contribution in [0.15, 0.2) is 0 Å². The lowest BCUT2D eigenvalue weighted by molar-refractivity contribution is -0.167. The smallest absolute Gasteiger partial charge is 0.306 e. The van der Waals surface area contributed by atoms with E-state index < -0.39 is 6.10 Å². The van der Waals surface area contributed by atoms with E-state index in [1.165, 1.54) is 167 Å². The van der Waals surface area contributed by atoms with Crippen LogP contribution < -0.4 is 0 Å². The maximum absolute atomic E-state index is 12.7. The molecule has 0 radical (unpaired) electrons. The van der Waals surface area contributed by atoms with Gasteiger partial charge in [0.2, 0.25) is 0 Å². The second-order valence-corrected chi connectivity index (χ2v) is 19.4. The first kappa shape index (κ1) is 57.4. The van der Waals surface area contributed by atoms with Gasteiger partial charge in [-0.25, -0.2) is 0 Å². The topological polar surface area (TPSA) is 78.9 Å². The molecule has 0 rings (SSSR count). The van der Waals surface area contributed by atoms with E-state index >= 15 is 0 Å². The minimum absolute atomic E-state index is 0.0661. The van der Waals surface area contributed by atoms with Gasteiger partial charge >= 0.3 is 17.9 Å². The third-order valence-corrected chi connectivity index (χ3v) is 12.3. The molecule has 0 amide bonds. The zero-order valence-corrected chi connectivity index (χ0v) is 40.5. The lowest BCUT2D eigenvalue weighted by Crippen LogP contribution is -2.30. The third-order valence-electron chi connectivity index (χ3n) is 12.3. The molecule has 6 nitrogen and oxygen atoms in total. The average molecular weight is 835 g/mol. The normalized spacial score (nSPS) is 12.6. The molecular formula is C53H102O6. The van der Waals surface area contributed by atoms with Crippen molar-refractivity contribution < 1.29 is 28.6 Å². The van der Waals surface area contributed by atoms with Gasteiger partial charge in [0.25, 0.3) is 0 Å². The van der Waals surface area contributed by atoms with E-state index in [2.05, 4.69) is 41.5 Å². The van der Waals surface area contributed by atoms with Gasteiger partial charge in [-0.05, 0) is 37.0 Å². The Bertz CT molecular complexity index is 916. The zero-order valence-electron chi connectivity index (χ0n) is 40.5. The molecule has 0 saturated heterocycles. The first-order valence-corrected chi connectivity index (χ1v) is 26.1. The first-order valence-electron chi connectivity index (χ1n) is 26.1. The Labute approximate surface area is 368 Å². The molecule has 0 aliphatic carbocycles. The Kier molecular flexibility index (Phi) is 43.3. The zero-order chi connectivity index (χ0) is 43.4. The van der Waals surface area contributed by atoms with E-state index in [0.717, 1.165) is 75.5 Å². The van der Waals surface area contributed by atoms with Crippen molar-refractivity contribution >= 4 is 17.9 Å². The number of carbonyl (C=O) groups is 3. The summed E-state index contributed by atoms with van der Waals surface area (Å²) in [5.41, 5.74) is 0. The fourth-order valence-electron chi connectivity index (χ4n) is 7.91. The molecule has 1 unspecified atom stereocenters. The molecule has 0 fully saturated rings. The van der Waals surface area contributed by atoms with Crippen LogP contribution in [0.4, 0.5) is 0 Å². The van der Waals surface area contributed by atoms with Crippen molar-refractivity contribution in [3.63, 3.8) is 0 Å². The maximum atomic E-state index is 12.7. The Balaban J connectivity index is 4.14. The van der Waals surface area contributed by atoms with Gasteiger partial charge in [0.05, 0.1) is 0 Å². The molecule has 0 aromatic rings. The van der Waals surface area contributed by atoms with Gasteiger partial charge in [0.1, 0.15) is 13.2 Å². The first-order chi connectivity index (χ1) is 28.6. The van der Waals surface area contributed by atoms with Crippen molar-refractivity contribution in [3.8, 4) is 0 Å². The Morgan fingerprint density at radius 2 is 0.593 bits per heavy atom. The Morgan fingerprint density at radius 1 is 0.339 bits per heavy atom. The van der Waals surface area contributed by atoms with E-state index in [4.69, 9.17) is 14.2 Å². The lowest BCUT2D eigenvalue weighted by Gasteiger charge is -2.18. The van der Waals surface area contributed by atoms with Crippen LogP contribution in [0.2, 0.25) is 0 Å². The molecular weight excluding hydrogens is 733 g/mol. The molecule has 0 N–H and O–H groups in total. The highest BCUT2D eigenvalue weighted by atomic mass is 16.6. The van der Waals surface area contributed by atoms with E-state index in [1.807, 2.05) is 0 Å². The quantitative estimate of drug-likeness (QED) is 0.0345.